The first-order valence-corrected chi connectivity index (χ1v) is 4.98. The zero-order valence-electron chi connectivity index (χ0n) is 8.89. The topological polar surface area (TPSA) is 88.3 Å². The van der Waals surface area contributed by atoms with Crippen molar-refractivity contribution in [3.05, 3.63) is 11.7 Å². The summed E-state index contributed by atoms with van der Waals surface area (Å²) in [6.45, 7) is 2.76. The highest BCUT2D eigenvalue weighted by Crippen LogP contribution is 2.00. The molecule has 1 saturated heterocycles. The maximum atomic E-state index is 11.1. The second-order valence-electron chi connectivity index (χ2n) is 3.66. The first-order chi connectivity index (χ1) is 7.63. The highest BCUT2D eigenvalue weighted by atomic mass is 16.5. The van der Waals surface area contributed by atoms with E-state index in [1.165, 1.54) is 0 Å². The molecule has 1 N–H and O–H groups in total. The summed E-state index contributed by atoms with van der Waals surface area (Å²) in [6, 6.07) is 0. The zero-order chi connectivity index (χ0) is 11.5. The van der Waals surface area contributed by atoms with Crippen LogP contribution in [0, 0.1) is 6.92 Å². The van der Waals surface area contributed by atoms with Gasteiger partial charge in [-0.3, -0.25) is 19.8 Å². The SMILES string of the molecule is Cc1nc(CCN2CC(=O)NC(=O)C2)no1. The van der Waals surface area contributed by atoms with Gasteiger partial charge < -0.3 is 4.52 Å². The lowest BCUT2D eigenvalue weighted by Crippen LogP contribution is -2.51. The normalized spacial score (nSPS) is 17.6. The molecule has 2 heterocycles. The van der Waals surface area contributed by atoms with Gasteiger partial charge in [0.2, 0.25) is 17.7 Å². The molecular weight excluding hydrogens is 212 g/mol. The van der Waals surface area contributed by atoms with Crippen LogP contribution in [-0.2, 0) is 16.0 Å². The molecule has 0 spiro atoms. The Morgan fingerprint density at radius 2 is 2.06 bits per heavy atom. The average molecular weight is 224 g/mol. The van der Waals surface area contributed by atoms with Crippen molar-refractivity contribution in [1.82, 2.24) is 20.4 Å². The van der Waals surface area contributed by atoms with Gasteiger partial charge in [0.25, 0.3) is 0 Å². The number of rotatable bonds is 3. The van der Waals surface area contributed by atoms with Crippen LogP contribution in [0.2, 0.25) is 0 Å². The predicted molar refractivity (Wildman–Crippen MR) is 52.3 cm³/mol. The third-order valence-electron chi connectivity index (χ3n) is 2.23. The minimum Gasteiger partial charge on any atom is -0.340 e. The summed E-state index contributed by atoms with van der Waals surface area (Å²) in [4.78, 5) is 28.0. The fourth-order valence-electron chi connectivity index (χ4n) is 1.56. The highest BCUT2D eigenvalue weighted by molar-refractivity contribution is 5.99. The van der Waals surface area contributed by atoms with Crippen LogP contribution in [0.3, 0.4) is 0 Å². The molecule has 0 bridgehead atoms. The van der Waals surface area contributed by atoms with E-state index < -0.39 is 0 Å². The van der Waals surface area contributed by atoms with Gasteiger partial charge in [-0.15, -0.1) is 0 Å². The van der Waals surface area contributed by atoms with Crippen molar-refractivity contribution < 1.29 is 14.1 Å². The third-order valence-corrected chi connectivity index (χ3v) is 2.23. The summed E-state index contributed by atoms with van der Waals surface area (Å²) in [5.41, 5.74) is 0. The van der Waals surface area contributed by atoms with Crippen molar-refractivity contribution in [2.75, 3.05) is 19.6 Å². The van der Waals surface area contributed by atoms with E-state index in [9.17, 15) is 9.59 Å². The number of piperazine rings is 1. The van der Waals surface area contributed by atoms with Gasteiger partial charge in [0.05, 0.1) is 13.1 Å². The van der Waals surface area contributed by atoms with Crippen molar-refractivity contribution in [2.45, 2.75) is 13.3 Å². The van der Waals surface area contributed by atoms with Crippen molar-refractivity contribution in [1.29, 1.82) is 0 Å². The Morgan fingerprint density at radius 1 is 1.38 bits per heavy atom. The molecule has 0 atom stereocenters. The fraction of sp³-hybridized carbons (Fsp3) is 0.556. The molecule has 2 rings (SSSR count). The summed E-state index contributed by atoms with van der Waals surface area (Å²) in [5.74, 6) is 0.583. The molecule has 86 valence electrons. The van der Waals surface area contributed by atoms with E-state index in [0.717, 1.165) is 0 Å². The number of aryl methyl sites for hydroxylation is 1. The fourth-order valence-corrected chi connectivity index (χ4v) is 1.56. The zero-order valence-corrected chi connectivity index (χ0v) is 8.89. The lowest BCUT2D eigenvalue weighted by atomic mass is 10.3. The van der Waals surface area contributed by atoms with Gasteiger partial charge in [-0.05, 0) is 0 Å². The van der Waals surface area contributed by atoms with Gasteiger partial charge in [0.1, 0.15) is 0 Å². The second-order valence-corrected chi connectivity index (χ2v) is 3.66. The molecule has 0 aromatic carbocycles. The van der Waals surface area contributed by atoms with E-state index in [4.69, 9.17) is 4.52 Å². The van der Waals surface area contributed by atoms with Gasteiger partial charge >= 0.3 is 0 Å². The summed E-state index contributed by atoms with van der Waals surface area (Å²) in [6.07, 6.45) is 0.567. The van der Waals surface area contributed by atoms with Gasteiger partial charge in [-0.25, -0.2) is 0 Å². The molecule has 16 heavy (non-hydrogen) atoms. The molecule has 0 unspecified atom stereocenters. The number of nitrogens with zero attached hydrogens (tertiary/aromatic N) is 3. The molecule has 1 aromatic rings. The Hall–Kier alpha value is -1.76. The van der Waals surface area contributed by atoms with Gasteiger partial charge in [-0.1, -0.05) is 5.16 Å². The molecule has 0 radical (unpaired) electrons. The molecule has 0 saturated carbocycles. The number of hydrogen-bond donors (Lipinski definition) is 1. The standard InChI is InChI=1S/C9H12N4O3/c1-6-10-7(12-16-6)2-3-13-4-8(14)11-9(15)5-13/h2-5H2,1H3,(H,11,14,15). The molecule has 2 amide bonds. The Morgan fingerprint density at radius 3 is 2.62 bits per heavy atom. The monoisotopic (exact) mass is 224 g/mol. The van der Waals surface area contributed by atoms with Crippen LogP contribution in [0.1, 0.15) is 11.7 Å². The average Bonchev–Trinajstić information content (AvgIpc) is 2.60. The summed E-state index contributed by atoms with van der Waals surface area (Å²) < 4.78 is 4.82. The maximum Gasteiger partial charge on any atom is 0.240 e. The van der Waals surface area contributed by atoms with Crippen molar-refractivity contribution >= 4 is 11.8 Å². The number of amides is 2. The van der Waals surface area contributed by atoms with E-state index >= 15 is 0 Å². The number of carbonyl (C=O) groups is 2. The molecule has 7 nitrogen and oxygen atoms in total. The van der Waals surface area contributed by atoms with Crippen LogP contribution in [-0.4, -0.2) is 46.5 Å². The minimum atomic E-state index is -0.263. The molecule has 1 aliphatic rings. The van der Waals surface area contributed by atoms with Crippen molar-refractivity contribution in [3.8, 4) is 0 Å². The summed E-state index contributed by atoms with van der Waals surface area (Å²) in [5, 5.41) is 5.98. The second kappa shape index (κ2) is 4.40. The minimum absolute atomic E-state index is 0.239. The van der Waals surface area contributed by atoms with E-state index in [1.807, 2.05) is 0 Å². The van der Waals surface area contributed by atoms with Crippen molar-refractivity contribution in [2.24, 2.45) is 0 Å². The number of aromatic nitrogens is 2. The van der Waals surface area contributed by atoms with Crippen molar-refractivity contribution in [3.63, 3.8) is 0 Å². The molecular formula is C9H12N4O3. The van der Waals surface area contributed by atoms with E-state index in [1.54, 1.807) is 11.8 Å². The molecule has 1 aliphatic heterocycles. The van der Waals surface area contributed by atoms with Crippen LogP contribution in [0.4, 0.5) is 0 Å². The Labute approximate surface area is 91.8 Å². The van der Waals surface area contributed by atoms with Crippen LogP contribution >= 0.6 is 0 Å². The largest absolute Gasteiger partial charge is 0.340 e. The predicted octanol–water partition coefficient (Wildman–Crippen LogP) is -1.12. The van der Waals surface area contributed by atoms with Gasteiger partial charge in [0.15, 0.2) is 5.82 Å². The molecule has 0 aliphatic carbocycles. The summed E-state index contributed by atoms with van der Waals surface area (Å²) in [7, 11) is 0. The van der Waals surface area contributed by atoms with Crippen LogP contribution in [0.25, 0.3) is 0 Å². The lowest BCUT2D eigenvalue weighted by molar-refractivity contribution is -0.135. The number of nitrogens with one attached hydrogen (secondary N) is 1. The summed E-state index contributed by atoms with van der Waals surface area (Å²) >= 11 is 0. The lowest BCUT2D eigenvalue weighted by Gasteiger charge is -2.24. The number of imide groups is 1. The maximum absolute atomic E-state index is 11.1. The number of carbonyl (C=O) groups excluding carboxylic acids is 2. The van der Waals surface area contributed by atoms with E-state index in [2.05, 4.69) is 15.5 Å². The number of hydrogen-bond acceptors (Lipinski definition) is 6. The first-order valence-electron chi connectivity index (χ1n) is 4.98. The van der Waals surface area contributed by atoms with Crippen LogP contribution in [0.5, 0.6) is 0 Å². The molecule has 1 aromatic heterocycles. The smallest absolute Gasteiger partial charge is 0.240 e. The highest BCUT2D eigenvalue weighted by Gasteiger charge is 2.22. The molecule has 1 fully saturated rings. The van der Waals surface area contributed by atoms with Gasteiger partial charge in [-0.2, -0.15) is 4.98 Å². The quantitative estimate of drug-likeness (QED) is 0.654. The molecule has 7 heteroatoms. The van der Waals surface area contributed by atoms with Crippen LogP contribution in [0.15, 0.2) is 4.52 Å². The first kappa shape index (κ1) is 10.7. The Kier molecular flexibility index (Phi) is 2.95. The van der Waals surface area contributed by atoms with Gasteiger partial charge in [0, 0.05) is 19.9 Å². The third kappa shape index (κ3) is 2.63. The van der Waals surface area contributed by atoms with E-state index in [0.29, 0.717) is 24.7 Å². The van der Waals surface area contributed by atoms with Crippen LogP contribution < -0.4 is 5.32 Å². The van der Waals surface area contributed by atoms with E-state index in [-0.39, 0.29) is 24.9 Å². The Bertz CT molecular complexity index is 399. The Balaban J connectivity index is 1.85.